The maximum absolute atomic E-state index is 12.9. The summed E-state index contributed by atoms with van der Waals surface area (Å²) in [5.74, 6) is -0.215. The van der Waals surface area contributed by atoms with Gasteiger partial charge in [0.1, 0.15) is 0 Å². The Morgan fingerprint density at radius 1 is 1.30 bits per heavy atom. The first-order valence-electron chi connectivity index (χ1n) is 8.34. The third-order valence-electron chi connectivity index (χ3n) is 4.00. The van der Waals surface area contributed by atoms with Crippen LogP contribution in [0.25, 0.3) is 11.5 Å². The summed E-state index contributed by atoms with van der Waals surface area (Å²) in [5.41, 5.74) is 3.20. The minimum atomic E-state index is -0.439. The van der Waals surface area contributed by atoms with Crippen LogP contribution in [0.4, 0.5) is 0 Å². The lowest BCUT2D eigenvalue weighted by atomic mass is 9.99. The second-order valence-corrected chi connectivity index (χ2v) is 6.83. The summed E-state index contributed by atoms with van der Waals surface area (Å²) >= 11 is 3.39. The molecule has 2 heterocycles. The van der Waals surface area contributed by atoms with Gasteiger partial charge in [0.2, 0.25) is 5.82 Å². The number of aromatic nitrogens is 5. The number of rotatable bonds is 6. The van der Waals surface area contributed by atoms with Gasteiger partial charge < -0.3 is 9.72 Å². The molecule has 0 bridgehead atoms. The van der Waals surface area contributed by atoms with Crippen molar-refractivity contribution in [2.75, 3.05) is 6.61 Å². The van der Waals surface area contributed by atoms with E-state index in [2.05, 4.69) is 36.3 Å². The first kappa shape index (κ1) is 19.0. The molecule has 0 unspecified atom stereocenters. The van der Waals surface area contributed by atoms with Crippen molar-refractivity contribution in [2.24, 2.45) is 0 Å². The molecule has 0 saturated heterocycles. The fraction of sp³-hybridized carbons (Fsp3) is 0.278. The standard InChI is InChI=1S/C18H18BrN5O3/c1-4-27-14(25)9-24-22-18(21-23-24)16-10(2)15(11(3)20-16)17(26)12-6-5-7-13(19)8-12/h5-8,20H,4,9H2,1-3H3. The molecule has 1 N–H and O–H groups in total. The monoisotopic (exact) mass is 431 g/mol. The molecule has 1 aromatic carbocycles. The average Bonchev–Trinajstić information content (AvgIpc) is 3.18. The number of H-pyrrole nitrogens is 1. The highest BCUT2D eigenvalue weighted by Crippen LogP contribution is 2.27. The van der Waals surface area contributed by atoms with E-state index in [0.717, 1.165) is 10.0 Å². The fourth-order valence-corrected chi connectivity index (χ4v) is 3.22. The van der Waals surface area contributed by atoms with Crippen LogP contribution in [0.2, 0.25) is 0 Å². The second-order valence-electron chi connectivity index (χ2n) is 5.91. The summed E-state index contributed by atoms with van der Waals surface area (Å²) < 4.78 is 5.71. The summed E-state index contributed by atoms with van der Waals surface area (Å²) in [6.07, 6.45) is 0. The Hall–Kier alpha value is -2.81. The molecular formula is C18H18BrN5O3. The first-order valence-corrected chi connectivity index (χ1v) is 9.13. The molecule has 0 aliphatic heterocycles. The minimum absolute atomic E-state index is 0.0901. The minimum Gasteiger partial charge on any atom is -0.465 e. The Labute approximate surface area is 164 Å². The van der Waals surface area contributed by atoms with Crippen molar-refractivity contribution in [3.8, 4) is 11.5 Å². The molecule has 3 aromatic rings. The highest BCUT2D eigenvalue weighted by molar-refractivity contribution is 9.10. The number of nitrogens with zero attached hydrogens (tertiary/aromatic N) is 4. The predicted molar refractivity (Wildman–Crippen MR) is 101 cm³/mol. The number of hydrogen-bond acceptors (Lipinski definition) is 6. The Bertz CT molecular complexity index is 1010. The molecule has 0 aliphatic rings. The van der Waals surface area contributed by atoms with E-state index < -0.39 is 5.97 Å². The first-order chi connectivity index (χ1) is 12.9. The highest BCUT2D eigenvalue weighted by atomic mass is 79.9. The van der Waals surface area contributed by atoms with Crippen LogP contribution in [0.1, 0.15) is 34.1 Å². The molecule has 0 saturated carbocycles. The van der Waals surface area contributed by atoms with E-state index in [0.29, 0.717) is 28.3 Å². The third kappa shape index (κ3) is 3.97. The Morgan fingerprint density at radius 2 is 2.07 bits per heavy atom. The van der Waals surface area contributed by atoms with Crippen molar-refractivity contribution in [3.63, 3.8) is 0 Å². The van der Waals surface area contributed by atoms with Crippen molar-refractivity contribution >= 4 is 27.7 Å². The number of aryl methyl sites for hydroxylation is 1. The topological polar surface area (TPSA) is 103 Å². The molecule has 0 aliphatic carbocycles. The molecule has 27 heavy (non-hydrogen) atoms. The van der Waals surface area contributed by atoms with Gasteiger partial charge in [0, 0.05) is 21.3 Å². The number of benzene rings is 1. The lowest BCUT2D eigenvalue weighted by molar-refractivity contribution is -0.144. The Balaban J connectivity index is 1.91. The summed E-state index contributed by atoms with van der Waals surface area (Å²) in [5, 5.41) is 12.1. The molecule has 0 radical (unpaired) electrons. The van der Waals surface area contributed by atoms with Crippen molar-refractivity contribution in [3.05, 3.63) is 51.1 Å². The van der Waals surface area contributed by atoms with Gasteiger partial charge in [-0.1, -0.05) is 28.1 Å². The summed E-state index contributed by atoms with van der Waals surface area (Å²) in [6.45, 7) is 5.55. The zero-order valence-corrected chi connectivity index (χ0v) is 16.7. The van der Waals surface area contributed by atoms with Gasteiger partial charge in [-0.05, 0) is 43.7 Å². The van der Waals surface area contributed by atoms with Crippen LogP contribution in [0.5, 0.6) is 0 Å². The van der Waals surface area contributed by atoms with Gasteiger partial charge in [0.25, 0.3) is 0 Å². The fourth-order valence-electron chi connectivity index (χ4n) is 2.82. The van der Waals surface area contributed by atoms with Gasteiger partial charge in [-0.25, -0.2) is 4.79 Å². The molecule has 140 valence electrons. The number of hydrogen-bond donors (Lipinski definition) is 1. The van der Waals surface area contributed by atoms with Crippen molar-refractivity contribution in [1.82, 2.24) is 25.2 Å². The van der Waals surface area contributed by atoms with E-state index in [1.807, 2.05) is 26.0 Å². The van der Waals surface area contributed by atoms with Crippen LogP contribution in [-0.2, 0) is 16.1 Å². The van der Waals surface area contributed by atoms with Crippen LogP contribution in [0, 0.1) is 13.8 Å². The lowest BCUT2D eigenvalue weighted by Crippen LogP contribution is -2.15. The number of nitrogens with one attached hydrogen (secondary N) is 1. The summed E-state index contributed by atoms with van der Waals surface area (Å²) in [7, 11) is 0. The van der Waals surface area contributed by atoms with Gasteiger partial charge in [-0.15, -0.1) is 10.2 Å². The zero-order valence-electron chi connectivity index (χ0n) is 15.1. The van der Waals surface area contributed by atoms with Crippen molar-refractivity contribution in [1.29, 1.82) is 0 Å². The maximum atomic E-state index is 12.9. The van der Waals surface area contributed by atoms with E-state index >= 15 is 0 Å². The largest absolute Gasteiger partial charge is 0.465 e. The van der Waals surface area contributed by atoms with Crippen LogP contribution < -0.4 is 0 Å². The van der Waals surface area contributed by atoms with Gasteiger partial charge in [-0.2, -0.15) is 4.80 Å². The van der Waals surface area contributed by atoms with Crippen molar-refractivity contribution in [2.45, 2.75) is 27.3 Å². The van der Waals surface area contributed by atoms with Gasteiger partial charge in [-0.3, -0.25) is 4.79 Å². The van der Waals surface area contributed by atoms with E-state index in [-0.39, 0.29) is 18.9 Å². The van der Waals surface area contributed by atoms with Gasteiger partial charge in [0.05, 0.1) is 12.3 Å². The molecule has 0 fully saturated rings. The van der Waals surface area contributed by atoms with E-state index in [4.69, 9.17) is 4.74 Å². The molecule has 2 aromatic heterocycles. The molecule has 8 nitrogen and oxygen atoms in total. The number of tetrazole rings is 1. The lowest BCUT2D eigenvalue weighted by Gasteiger charge is -2.03. The number of ketones is 1. The molecule has 9 heteroatoms. The number of halogens is 1. The molecule has 0 spiro atoms. The third-order valence-corrected chi connectivity index (χ3v) is 4.50. The quantitative estimate of drug-likeness (QED) is 0.475. The maximum Gasteiger partial charge on any atom is 0.329 e. The van der Waals surface area contributed by atoms with Crippen LogP contribution in [-0.4, -0.2) is 43.6 Å². The molecular weight excluding hydrogens is 414 g/mol. The number of ether oxygens (including phenoxy) is 1. The average molecular weight is 432 g/mol. The predicted octanol–water partition coefficient (Wildman–Crippen LogP) is 2.84. The van der Waals surface area contributed by atoms with Crippen LogP contribution in [0.3, 0.4) is 0 Å². The molecule has 3 rings (SSSR count). The highest BCUT2D eigenvalue weighted by Gasteiger charge is 2.23. The van der Waals surface area contributed by atoms with Crippen LogP contribution in [0.15, 0.2) is 28.7 Å². The smallest absolute Gasteiger partial charge is 0.329 e. The SMILES string of the molecule is CCOC(=O)Cn1nnc(-c2[nH]c(C)c(C(=O)c3cccc(Br)c3)c2C)n1. The Morgan fingerprint density at radius 3 is 2.78 bits per heavy atom. The van der Waals surface area contributed by atoms with Gasteiger partial charge >= 0.3 is 5.97 Å². The number of carbonyl (C=O) groups is 2. The second kappa shape index (κ2) is 7.83. The van der Waals surface area contributed by atoms with E-state index in [1.54, 1.807) is 19.1 Å². The summed E-state index contributed by atoms with van der Waals surface area (Å²) in [6, 6.07) is 7.23. The van der Waals surface area contributed by atoms with Crippen LogP contribution >= 0.6 is 15.9 Å². The van der Waals surface area contributed by atoms with E-state index in [1.165, 1.54) is 4.80 Å². The Kier molecular flexibility index (Phi) is 5.50. The molecule has 0 amide bonds. The number of carbonyl (C=O) groups excluding carboxylic acids is 2. The summed E-state index contributed by atoms with van der Waals surface area (Å²) in [4.78, 5) is 28.8. The van der Waals surface area contributed by atoms with E-state index in [9.17, 15) is 9.59 Å². The molecule has 0 atom stereocenters. The number of esters is 1. The normalized spacial score (nSPS) is 10.8. The number of aromatic amines is 1. The van der Waals surface area contributed by atoms with Crippen molar-refractivity contribution < 1.29 is 14.3 Å². The zero-order chi connectivity index (χ0) is 19.6. The van der Waals surface area contributed by atoms with Gasteiger partial charge in [0.15, 0.2) is 12.3 Å².